The molecule has 2 aromatic rings. The summed E-state index contributed by atoms with van der Waals surface area (Å²) in [6.07, 6.45) is 1.05. The Balaban J connectivity index is 1.74. The van der Waals surface area contributed by atoms with Crippen LogP contribution in [0.25, 0.3) is 0 Å². The Labute approximate surface area is 187 Å². The van der Waals surface area contributed by atoms with Gasteiger partial charge < -0.3 is 5.32 Å². The van der Waals surface area contributed by atoms with Gasteiger partial charge in [0.25, 0.3) is 0 Å². The molecule has 3 rings (SSSR count). The first-order chi connectivity index (χ1) is 13.6. The van der Waals surface area contributed by atoms with Crippen molar-refractivity contribution in [2.24, 2.45) is 5.92 Å². The third kappa shape index (κ3) is 4.51. The zero-order chi connectivity index (χ0) is 21.3. The van der Waals surface area contributed by atoms with Crippen molar-refractivity contribution in [2.45, 2.75) is 45.4 Å². The van der Waals surface area contributed by atoms with Crippen molar-refractivity contribution in [1.82, 2.24) is 4.31 Å². The van der Waals surface area contributed by atoms with Crippen molar-refractivity contribution in [2.75, 3.05) is 18.4 Å². The van der Waals surface area contributed by atoms with E-state index in [0.717, 1.165) is 31.5 Å². The average molecular weight is 526 g/mol. The van der Waals surface area contributed by atoms with Gasteiger partial charge in [0.05, 0.1) is 10.6 Å². The van der Waals surface area contributed by atoms with Crippen LogP contribution in [0.15, 0.2) is 35.2 Å². The first-order valence-electron chi connectivity index (χ1n) is 9.76. The molecular weight excluding hydrogens is 499 g/mol. The highest BCUT2D eigenvalue weighted by Crippen LogP contribution is 2.31. The molecule has 1 fully saturated rings. The largest absolute Gasteiger partial charge is 0.325 e. The smallest absolute Gasteiger partial charge is 0.243 e. The van der Waals surface area contributed by atoms with E-state index < -0.39 is 10.0 Å². The Morgan fingerprint density at radius 1 is 1.03 bits per heavy atom. The predicted molar refractivity (Wildman–Crippen MR) is 125 cm³/mol. The molecule has 29 heavy (non-hydrogen) atoms. The Morgan fingerprint density at radius 2 is 1.59 bits per heavy atom. The maximum absolute atomic E-state index is 13.4. The second kappa shape index (κ2) is 8.73. The van der Waals surface area contributed by atoms with Crippen LogP contribution < -0.4 is 5.32 Å². The Morgan fingerprint density at radius 3 is 2.14 bits per heavy atom. The van der Waals surface area contributed by atoms with Gasteiger partial charge in [0, 0.05) is 22.6 Å². The zero-order valence-corrected chi connectivity index (χ0v) is 20.2. The third-order valence-electron chi connectivity index (χ3n) is 5.85. The lowest BCUT2D eigenvalue weighted by Crippen LogP contribution is -2.42. The van der Waals surface area contributed by atoms with Crippen LogP contribution in [0.4, 0.5) is 5.69 Å². The maximum Gasteiger partial charge on any atom is 0.243 e. The summed E-state index contributed by atoms with van der Waals surface area (Å²) < 4.78 is 29.3. The number of amides is 1. The number of para-hydroxylation sites is 1. The van der Waals surface area contributed by atoms with E-state index in [1.807, 2.05) is 58.0 Å². The lowest BCUT2D eigenvalue weighted by molar-refractivity contribution is -0.120. The SMILES string of the molecule is Cc1cc(C)c(C)c(S(=O)(=O)N2CCC(C(=O)Nc3ccccc3I)CC2)c1C. The molecule has 0 aliphatic carbocycles. The molecule has 0 spiro atoms. The van der Waals surface area contributed by atoms with Gasteiger partial charge in [0.2, 0.25) is 15.9 Å². The Hall–Kier alpha value is -1.45. The van der Waals surface area contributed by atoms with Crippen molar-refractivity contribution in [1.29, 1.82) is 0 Å². The lowest BCUT2D eigenvalue weighted by Gasteiger charge is -2.32. The first-order valence-corrected chi connectivity index (χ1v) is 12.3. The van der Waals surface area contributed by atoms with Crippen LogP contribution in [0, 0.1) is 37.2 Å². The van der Waals surface area contributed by atoms with Gasteiger partial charge in [-0.05, 0) is 97.5 Å². The highest BCUT2D eigenvalue weighted by molar-refractivity contribution is 14.1. The lowest BCUT2D eigenvalue weighted by atomic mass is 9.97. The van der Waals surface area contributed by atoms with Gasteiger partial charge in [-0.1, -0.05) is 18.2 Å². The molecule has 2 aromatic carbocycles. The predicted octanol–water partition coefficient (Wildman–Crippen LogP) is 4.56. The molecule has 0 aromatic heterocycles. The number of nitrogens with zero attached hydrogens (tertiary/aromatic N) is 1. The minimum atomic E-state index is -3.58. The molecule has 156 valence electrons. The average Bonchev–Trinajstić information content (AvgIpc) is 2.68. The first kappa shape index (κ1) is 22.2. The zero-order valence-electron chi connectivity index (χ0n) is 17.3. The fraction of sp³-hybridized carbons (Fsp3) is 0.409. The van der Waals surface area contributed by atoms with Crippen LogP contribution in [0.5, 0.6) is 0 Å². The van der Waals surface area contributed by atoms with Crippen molar-refractivity contribution in [3.63, 3.8) is 0 Å². The number of benzene rings is 2. The fourth-order valence-electron chi connectivity index (χ4n) is 3.85. The number of anilines is 1. The van der Waals surface area contributed by atoms with Crippen LogP contribution in [0.2, 0.25) is 0 Å². The monoisotopic (exact) mass is 526 g/mol. The van der Waals surface area contributed by atoms with E-state index in [1.54, 1.807) is 0 Å². The molecular formula is C22H27IN2O3S. The minimum absolute atomic E-state index is 0.0371. The summed E-state index contributed by atoms with van der Waals surface area (Å²) in [6, 6.07) is 9.68. The molecule has 1 N–H and O–H groups in total. The molecule has 1 heterocycles. The molecule has 0 atom stereocenters. The molecule has 7 heteroatoms. The van der Waals surface area contributed by atoms with E-state index in [0.29, 0.717) is 30.8 Å². The number of aryl methyl sites for hydroxylation is 2. The van der Waals surface area contributed by atoms with Crippen LogP contribution in [-0.4, -0.2) is 31.7 Å². The number of halogens is 1. The van der Waals surface area contributed by atoms with Gasteiger partial charge in [-0.25, -0.2) is 8.42 Å². The second-order valence-corrected chi connectivity index (χ2v) is 10.8. The topological polar surface area (TPSA) is 66.5 Å². The van der Waals surface area contributed by atoms with Crippen molar-refractivity contribution in [3.05, 3.63) is 56.2 Å². The van der Waals surface area contributed by atoms with Gasteiger partial charge >= 0.3 is 0 Å². The molecule has 0 bridgehead atoms. The van der Waals surface area contributed by atoms with Gasteiger partial charge in [0.15, 0.2) is 0 Å². The maximum atomic E-state index is 13.4. The second-order valence-electron chi connectivity index (χ2n) is 7.74. The molecule has 5 nitrogen and oxygen atoms in total. The van der Waals surface area contributed by atoms with Crippen LogP contribution in [0.1, 0.15) is 35.1 Å². The molecule has 0 saturated carbocycles. The Kier molecular flexibility index (Phi) is 6.70. The number of hydrogen-bond donors (Lipinski definition) is 1. The van der Waals surface area contributed by atoms with E-state index in [-0.39, 0.29) is 11.8 Å². The minimum Gasteiger partial charge on any atom is -0.325 e. The van der Waals surface area contributed by atoms with Gasteiger partial charge in [-0.2, -0.15) is 4.31 Å². The van der Waals surface area contributed by atoms with Gasteiger partial charge in [-0.3, -0.25) is 4.79 Å². The number of hydrogen-bond acceptors (Lipinski definition) is 3. The normalized spacial score (nSPS) is 16.0. The van der Waals surface area contributed by atoms with Crippen LogP contribution in [-0.2, 0) is 14.8 Å². The summed E-state index contributed by atoms with van der Waals surface area (Å²) in [5.74, 6) is -0.219. The van der Waals surface area contributed by atoms with Crippen molar-refractivity contribution >= 4 is 44.2 Å². The van der Waals surface area contributed by atoms with E-state index >= 15 is 0 Å². The summed E-state index contributed by atoms with van der Waals surface area (Å²) in [5, 5.41) is 2.98. The van der Waals surface area contributed by atoms with E-state index in [4.69, 9.17) is 0 Å². The molecule has 0 unspecified atom stereocenters. The molecule has 1 saturated heterocycles. The van der Waals surface area contributed by atoms with Gasteiger partial charge in [-0.15, -0.1) is 0 Å². The number of carbonyl (C=O) groups excluding carboxylic acids is 1. The summed E-state index contributed by atoms with van der Waals surface area (Å²) in [7, 11) is -3.58. The summed E-state index contributed by atoms with van der Waals surface area (Å²) in [4.78, 5) is 13.1. The number of rotatable bonds is 4. The molecule has 1 aliphatic heterocycles. The standard InChI is InChI=1S/C22H27IN2O3S/c1-14-13-15(2)17(4)21(16(14)3)29(27,28)25-11-9-18(10-12-25)22(26)24-20-8-6-5-7-19(20)23/h5-8,13,18H,9-12H2,1-4H3,(H,24,26). The molecule has 0 radical (unpaired) electrons. The van der Waals surface area contributed by atoms with Crippen molar-refractivity contribution < 1.29 is 13.2 Å². The molecule has 1 aliphatic rings. The number of piperidine rings is 1. The number of carbonyl (C=O) groups is 1. The Bertz CT molecular complexity index is 1020. The number of sulfonamides is 1. The van der Waals surface area contributed by atoms with E-state index in [9.17, 15) is 13.2 Å². The highest BCUT2D eigenvalue weighted by atomic mass is 127. The van der Waals surface area contributed by atoms with Crippen LogP contribution in [0.3, 0.4) is 0 Å². The quantitative estimate of drug-likeness (QED) is 0.594. The third-order valence-corrected chi connectivity index (χ3v) is 8.97. The van der Waals surface area contributed by atoms with E-state index in [2.05, 4.69) is 27.9 Å². The fourth-order valence-corrected chi connectivity index (χ4v) is 6.42. The van der Waals surface area contributed by atoms with Crippen molar-refractivity contribution in [3.8, 4) is 0 Å². The number of nitrogens with one attached hydrogen (secondary N) is 1. The van der Waals surface area contributed by atoms with Crippen LogP contribution >= 0.6 is 22.6 Å². The molecule has 1 amide bonds. The van der Waals surface area contributed by atoms with Gasteiger partial charge in [0.1, 0.15) is 0 Å². The summed E-state index contributed by atoms with van der Waals surface area (Å²) in [5.41, 5.74) is 4.39. The summed E-state index contributed by atoms with van der Waals surface area (Å²) in [6.45, 7) is 8.35. The summed E-state index contributed by atoms with van der Waals surface area (Å²) >= 11 is 2.19. The highest BCUT2D eigenvalue weighted by Gasteiger charge is 2.34. The van der Waals surface area contributed by atoms with E-state index in [1.165, 1.54) is 4.31 Å².